The van der Waals surface area contributed by atoms with Gasteiger partial charge in [-0.3, -0.25) is 0 Å². The zero-order valence-corrected chi connectivity index (χ0v) is 17.6. The van der Waals surface area contributed by atoms with Crippen LogP contribution in [-0.2, 0) is 24.1 Å². The van der Waals surface area contributed by atoms with Gasteiger partial charge in [0.2, 0.25) is 0 Å². The number of rotatable bonds is 5. The van der Waals surface area contributed by atoms with Crippen molar-refractivity contribution in [2.75, 3.05) is 6.61 Å². The molecule has 4 rings (SSSR count). The van der Waals surface area contributed by atoms with Gasteiger partial charge in [0.25, 0.3) is 0 Å². The monoisotopic (exact) mass is 427 g/mol. The van der Waals surface area contributed by atoms with Gasteiger partial charge in [0, 0.05) is 0 Å². The van der Waals surface area contributed by atoms with Crippen LogP contribution < -0.4 is 0 Å². The van der Waals surface area contributed by atoms with Crippen molar-refractivity contribution < 1.29 is 24.1 Å². The molecule has 0 amide bonds. The fourth-order valence-corrected chi connectivity index (χ4v) is 17.5. The molecule has 2 aliphatic rings. The summed E-state index contributed by atoms with van der Waals surface area (Å²) in [5.41, 5.74) is 5.72. The van der Waals surface area contributed by atoms with E-state index in [1.807, 2.05) is 0 Å². The number of hydrogen-bond donors (Lipinski definition) is 0. The van der Waals surface area contributed by atoms with Gasteiger partial charge in [-0.05, 0) is 0 Å². The van der Waals surface area contributed by atoms with Gasteiger partial charge in [-0.15, -0.1) is 0 Å². The molecule has 0 heterocycles. The maximum atomic E-state index is 5.66. The Morgan fingerprint density at radius 3 is 1.92 bits per heavy atom. The van der Waals surface area contributed by atoms with Crippen LogP contribution in [0.25, 0.3) is 12.2 Å². The molecule has 0 saturated carbocycles. The molecule has 127 valence electrons. The molecule has 25 heavy (non-hydrogen) atoms. The van der Waals surface area contributed by atoms with Gasteiger partial charge in [-0.2, -0.15) is 0 Å². The van der Waals surface area contributed by atoms with E-state index in [1.54, 1.807) is 0 Å². The summed E-state index contributed by atoms with van der Waals surface area (Å²) in [4.78, 5) is 0. The number of allylic oxidation sites excluding steroid dienone is 2. The Bertz CT molecular complexity index is 831. The fraction of sp³-hybridized carbons (Fsp3) is 0.227. The van der Waals surface area contributed by atoms with E-state index >= 15 is 0 Å². The number of benzene rings is 2. The summed E-state index contributed by atoms with van der Waals surface area (Å²) < 4.78 is 9.78. The first-order valence-electron chi connectivity index (χ1n) is 8.88. The van der Waals surface area contributed by atoms with E-state index in [-0.39, 0.29) is 0 Å². The molecule has 0 fully saturated rings. The molecule has 2 aromatic carbocycles. The molecule has 2 aromatic rings. The third kappa shape index (κ3) is 2.89. The van der Waals surface area contributed by atoms with E-state index in [1.165, 1.54) is 22.3 Å². The van der Waals surface area contributed by atoms with Gasteiger partial charge in [0.15, 0.2) is 0 Å². The Kier molecular flexibility index (Phi) is 5.04. The zero-order chi connectivity index (χ0) is 17.3. The van der Waals surface area contributed by atoms with E-state index in [0.29, 0.717) is 13.9 Å². The molecular weight excluding hydrogens is 407 g/mol. The van der Waals surface area contributed by atoms with Gasteiger partial charge in [-0.1, -0.05) is 0 Å². The predicted molar refractivity (Wildman–Crippen MR) is 105 cm³/mol. The van der Waals surface area contributed by atoms with Crippen LogP contribution in [0.1, 0.15) is 36.4 Å². The fourth-order valence-electron chi connectivity index (χ4n) is 4.66. The standard InChI is InChI=1S/2C9H7.C2H4ClO.C2H4.Zr/c2*1-2-5-9-7-3-6-8(9)4-1;1-2-4-3;1-2;/h2*1-7H;1-2H2;1H,2H3;. The molecular formula is C22H22ClOZr. The Morgan fingerprint density at radius 2 is 1.44 bits per heavy atom. The molecule has 2 atom stereocenters. The van der Waals surface area contributed by atoms with Gasteiger partial charge in [0.1, 0.15) is 0 Å². The molecule has 0 aliphatic heterocycles. The summed E-state index contributed by atoms with van der Waals surface area (Å²) in [6.07, 6.45) is 9.51. The van der Waals surface area contributed by atoms with E-state index in [2.05, 4.69) is 83.5 Å². The van der Waals surface area contributed by atoms with Crippen LogP contribution in [0, 0.1) is 0 Å². The summed E-state index contributed by atoms with van der Waals surface area (Å²) >= 11 is 2.77. The van der Waals surface area contributed by atoms with Crippen LogP contribution in [0.4, 0.5) is 0 Å². The van der Waals surface area contributed by atoms with Crippen LogP contribution >= 0.6 is 11.9 Å². The topological polar surface area (TPSA) is 9.23 Å². The van der Waals surface area contributed by atoms with Gasteiger partial charge in [-0.25, -0.2) is 0 Å². The van der Waals surface area contributed by atoms with E-state index in [0.717, 1.165) is 4.13 Å². The Balaban J connectivity index is 1.86. The molecule has 0 bridgehead atoms. The maximum absolute atomic E-state index is 5.66. The Hall–Kier alpha value is -1.08. The quantitative estimate of drug-likeness (QED) is 0.560. The molecule has 0 N–H and O–H groups in total. The van der Waals surface area contributed by atoms with Crippen molar-refractivity contribution in [3.8, 4) is 0 Å². The van der Waals surface area contributed by atoms with Crippen molar-refractivity contribution >= 4 is 27.7 Å². The van der Waals surface area contributed by atoms with Crippen molar-refractivity contribution in [3.05, 3.63) is 82.9 Å². The van der Waals surface area contributed by atoms with E-state index in [9.17, 15) is 0 Å². The zero-order valence-electron chi connectivity index (χ0n) is 14.4. The van der Waals surface area contributed by atoms with Crippen molar-refractivity contribution in [3.63, 3.8) is 0 Å². The summed E-state index contributed by atoms with van der Waals surface area (Å²) in [6, 6.07) is 17.7. The summed E-state index contributed by atoms with van der Waals surface area (Å²) in [6.45, 7) is 2.90. The molecule has 0 radical (unpaired) electrons. The number of fused-ring (bicyclic) bond motifs is 2. The molecule has 3 heteroatoms. The number of hydrogen-bond acceptors (Lipinski definition) is 1. The normalized spacial score (nSPS) is 22.5. The van der Waals surface area contributed by atoms with Crippen LogP contribution in [0.2, 0.25) is 4.13 Å². The van der Waals surface area contributed by atoms with Crippen molar-refractivity contribution in [1.29, 1.82) is 0 Å². The molecule has 1 nitrogen and oxygen atoms in total. The Labute approximate surface area is 159 Å². The minimum atomic E-state index is -2.89. The second kappa shape index (κ2) is 7.27. The van der Waals surface area contributed by atoms with Gasteiger partial charge >= 0.3 is 160 Å². The molecule has 0 saturated heterocycles. The summed E-state index contributed by atoms with van der Waals surface area (Å²) in [5, 5.41) is 0. The summed E-state index contributed by atoms with van der Waals surface area (Å²) in [5.74, 6) is 0. The van der Waals surface area contributed by atoms with Crippen LogP contribution in [0.3, 0.4) is 0 Å². The SMILES string of the molecule is C[CH]=[Zr]([CH2]COCl)([CH]1C=Cc2ccccc21)[CH]1C=Cc2ccccc21. The van der Waals surface area contributed by atoms with E-state index in [4.69, 9.17) is 16.2 Å². The van der Waals surface area contributed by atoms with Crippen LogP contribution in [-0.4, -0.2) is 10.3 Å². The van der Waals surface area contributed by atoms with Crippen LogP contribution in [0.5, 0.6) is 0 Å². The average molecular weight is 429 g/mol. The predicted octanol–water partition coefficient (Wildman–Crippen LogP) is 6.09. The third-order valence-electron chi connectivity index (χ3n) is 5.91. The minimum absolute atomic E-state index is 0.531. The third-order valence-corrected chi connectivity index (χ3v) is 19.5. The second-order valence-electron chi connectivity index (χ2n) is 6.90. The van der Waals surface area contributed by atoms with Crippen molar-refractivity contribution in [1.82, 2.24) is 0 Å². The average Bonchev–Trinajstić information content (AvgIpc) is 3.28. The molecule has 0 spiro atoms. The van der Waals surface area contributed by atoms with Gasteiger partial charge < -0.3 is 0 Å². The first-order chi connectivity index (χ1) is 12.3. The van der Waals surface area contributed by atoms with E-state index < -0.39 is 19.8 Å². The second-order valence-corrected chi connectivity index (χ2v) is 18.3. The first-order valence-corrected chi connectivity index (χ1v) is 15.2. The first kappa shape index (κ1) is 17.3. The Morgan fingerprint density at radius 1 is 0.920 bits per heavy atom. The number of halogens is 1. The molecule has 0 aromatic heterocycles. The van der Waals surface area contributed by atoms with Crippen molar-refractivity contribution in [2.24, 2.45) is 0 Å². The molecule has 2 aliphatic carbocycles. The van der Waals surface area contributed by atoms with Gasteiger partial charge in [0.05, 0.1) is 0 Å². The van der Waals surface area contributed by atoms with Crippen LogP contribution in [0.15, 0.2) is 60.7 Å². The summed E-state index contributed by atoms with van der Waals surface area (Å²) in [7, 11) is 0. The van der Waals surface area contributed by atoms with Crippen molar-refractivity contribution in [2.45, 2.75) is 18.3 Å². The molecule has 2 unspecified atom stereocenters.